The second kappa shape index (κ2) is 4.32. The molecule has 0 fully saturated rings. The molecule has 1 aliphatic heterocycles. The molecule has 23 heavy (non-hydrogen) atoms. The molecule has 0 radical (unpaired) electrons. The van der Waals surface area contributed by atoms with Crippen LogP contribution in [0, 0.1) is 6.92 Å². The standard InChI is InChI=1S/C19H15N3O/c1-11-3-6-17-14(7-11)19-13(10-23-17)8-12-4-5-16-15(18(12)21-19)9-20-22(16)2/h3-9H,10H2,1-2H3. The summed E-state index contributed by atoms with van der Waals surface area (Å²) in [5, 5.41) is 6.59. The van der Waals surface area contributed by atoms with Crippen LogP contribution in [0.1, 0.15) is 11.1 Å². The lowest BCUT2D eigenvalue weighted by molar-refractivity contribution is 0.301. The maximum absolute atomic E-state index is 5.89. The van der Waals surface area contributed by atoms with E-state index in [2.05, 4.69) is 42.4 Å². The molecular formula is C19H15N3O. The van der Waals surface area contributed by atoms with Gasteiger partial charge in [-0.15, -0.1) is 0 Å². The first-order valence-corrected chi connectivity index (χ1v) is 7.69. The van der Waals surface area contributed by atoms with Crippen LogP contribution in [0.5, 0.6) is 5.75 Å². The Labute approximate surface area is 133 Å². The first kappa shape index (κ1) is 12.6. The lowest BCUT2D eigenvalue weighted by atomic mass is 9.98. The molecule has 0 saturated carbocycles. The van der Waals surface area contributed by atoms with Gasteiger partial charge in [0.05, 0.1) is 22.9 Å². The molecule has 0 atom stereocenters. The summed E-state index contributed by atoms with van der Waals surface area (Å²) in [5.74, 6) is 0.910. The van der Waals surface area contributed by atoms with Gasteiger partial charge in [-0.05, 0) is 31.2 Å². The average molecular weight is 301 g/mol. The number of aromatic nitrogens is 3. The molecule has 0 unspecified atom stereocenters. The van der Waals surface area contributed by atoms with Gasteiger partial charge in [-0.25, -0.2) is 4.98 Å². The third kappa shape index (κ3) is 1.72. The van der Waals surface area contributed by atoms with Gasteiger partial charge in [-0.3, -0.25) is 4.68 Å². The quantitative estimate of drug-likeness (QED) is 0.493. The van der Waals surface area contributed by atoms with E-state index in [4.69, 9.17) is 9.72 Å². The van der Waals surface area contributed by atoms with Crippen LogP contribution in [0.4, 0.5) is 0 Å². The number of aryl methyl sites for hydroxylation is 2. The second-order valence-electron chi connectivity index (χ2n) is 6.12. The van der Waals surface area contributed by atoms with Crippen molar-refractivity contribution in [1.29, 1.82) is 0 Å². The molecule has 0 spiro atoms. The molecule has 2 aromatic heterocycles. The Morgan fingerprint density at radius 2 is 2.04 bits per heavy atom. The third-order valence-corrected chi connectivity index (χ3v) is 4.56. The fraction of sp³-hybridized carbons (Fsp3) is 0.158. The van der Waals surface area contributed by atoms with Crippen LogP contribution in [-0.4, -0.2) is 14.8 Å². The molecule has 0 bridgehead atoms. The van der Waals surface area contributed by atoms with Crippen molar-refractivity contribution in [3.8, 4) is 17.0 Å². The van der Waals surface area contributed by atoms with E-state index in [9.17, 15) is 0 Å². The first-order valence-electron chi connectivity index (χ1n) is 7.69. The van der Waals surface area contributed by atoms with Crippen LogP contribution in [0.25, 0.3) is 33.1 Å². The fourth-order valence-corrected chi connectivity index (χ4v) is 3.36. The van der Waals surface area contributed by atoms with Gasteiger partial charge < -0.3 is 4.74 Å². The predicted molar refractivity (Wildman–Crippen MR) is 90.5 cm³/mol. The van der Waals surface area contributed by atoms with Crippen LogP contribution in [0.3, 0.4) is 0 Å². The molecule has 3 heterocycles. The van der Waals surface area contributed by atoms with Crippen LogP contribution in [0.2, 0.25) is 0 Å². The number of hydrogen-bond acceptors (Lipinski definition) is 3. The molecule has 0 saturated heterocycles. The largest absolute Gasteiger partial charge is 0.488 e. The van der Waals surface area contributed by atoms with E-state index < -0.39 is 0 Å². The molecule has 4 heteroatoms. The fourth-order valence-electron chi connectivity index (χ4n) is 3.36. The normalized spacial score (nSPS) is 13.0. The maximum atomic E-state index is 5.89. The monoisotopic (exact) mass is 301 g/mol. The highest BCUT2D eigenvalue weighted by molar-refractivity contribution is 6.05. The maximum Gasteiger partial charge on any atom is 0.129 e. The molecule has 2 aromatic carbocycles. The molecular weight excluding hydrogens is 286 g/mol. The van der Waals surface area contributed by atoms with E-state index in [1.54, 1.807) is 0 Å². The van der Waals surface area contributed by atoms with Crippen molar-refractivity contribution in [1.82, 2.24) is 14.8 Å². The molecule has 0 amide bonds. The Hall–Kier alpha value is -2.88. The van der Waals surface area contributed by atoms with E-state index in [0.717, 1.165) is 44.4 Å². The van der Waals surface area contributed by atoms with Gasteiger partial charge >= 0.3 is 0 Å². The smallest absolute Gasteiger partial charge is 0.129 e. The summed E-state index contributed by atoms with van der Waals surface area (Å²) in [5.41, 5.74) is 6.55. The number of ether oxygens (including phenoxy) is 1. The van der Waals surface area contributed by atoms with Crippen molar-refractivity contribution in [2.45, 2.75) is 13.5 Å². The minimum atomic E-state index is 0.569. The van der Waals surface area contributed by atoms with E-state index in [-0.39, 0.29) is 0 Å². The van der Waals surface area contributed by atoms with Crippen molar-refractivity contribution >= 4 is 21.8 Å². The number of nitrogens with zero attached hydrogens (tertiary/aromatic N) is 3. The zero-order chi connectivity index (χ0) is 15.6. The minimum Gasteiger partial charge on any atom is -0.488 e. The summed E-state index contributed by atoms with van der Waals surface area (Å²) in [7, 11) is 1.96. The number of pyridine rings is 1. The topological polar surface area (TPSA) is 39.9 Å². The van der Waals surface area contributed by atoms with Crippen molar-refractivity contribution in [2.75, 3.05) is 0 Å². The average Bonchev–Trinajstić information content (AvgIpc) is 2.94. The Bertz CT molecular complexity index is 1090. The van der Waals surface area contributed by atoms with E-state index in [0.29, 0.717) is 6.61 Å². The van der Waals surface area contributed by atoms with Gasteiger partial charge in [0.2, 0.25) is 0 Å². The number of hydrogen-bond donors (Lipinski definition) is 0. The summed E-state index contributed by atoms with van der Waals surface area (Å²) >= 11 is 0. The van der Waals surface area contributed by atoms with Crippen LogP contribution in [0.15, 0.2) is 42.6 Å². The van der Waals surface area contributed by atoms with Gasteiger partial charge in [0.1, 0.15) is 12.4 Å². The molecule has 4 aromatic rings. The number of rotatable bonds is 0. The van der Waals surface area contributed by atoms with Crippen molar-refractivity contribution < 1.29 is 4.74 Å². The van der Waals surface area contributed by atoms with Gasteiger partial charge in [0.15, 0.2) is 0 Å². The highest BCUT2D eigenvalue weighted by Crippen LogP contribution is 2.39. The SMILES string of the molecule is Cc1ccc2c(c1)-c1nc3c(ccc4c3cnn4C)cc1CO2. The Morgan fingerprint density at radius 3 is 2.96 bits per heavy atom. The zero-order valence-corrected chi connectivity index (χ0v) is 13.0. The molecule has 5 rings (SSSR count). The summed E-state index contributed by atoms with van der Waals surface area (Å²) < 4.78 is 7.77. The number of benzene rings is 2. The van der Waals surface area contributed by atoms with Gasteiger partial charge in [0, 0.05) is 28.9 Å². The van der Waals surface area contributed by atoms with Crippen LogP contribution < -0.4 is 4.74 Å². The van der Waals surface area contributed by atoms with Gasteiger partial charge in [-0.2, -0.15) is 5.10 Å². The molecule has 0 aliphatic carbocycles. The molecule has 1 aliphatic rings. The zero-order valence-electron chi connectivity index (χ0n) is 13.0. The van der Waals surface area contributed by atoms with Crippen molar-refractivity contribution in [2.24, 2.45) is 7.05 Å². The predicted octanol–water partition coefficient (Wildman–Crippen LogP) is 3.99. The van der Waals surface area contributed by atoms with E-state index >= 15 is 0 Å². The van der Waals surface area contributed by atoms with Gasteiger partial charge in [-0.1, -0.05) is 17.7 Å². The summed E-state index contributed by atoms with van der Waals surface area (Å²) in [6.45, 7) is 2.66. The first-order chi connectivity index (χ1) is 11.2. The van der Waals surface area contributed by atoms with Crippen molar-refractivity contribution in [3.05, 3.63) is 53.7 Å². The Balaban J connectivity index is 1.89. The highest BCUT2D eigenvalue weighted by Gasteiger charge is 2.20. The summed E-state index contributed by atoms with van der Waals surface area (Å²) in [6.07, 6.45) is 1.90. The van der Waals surface area contributed by atoms with Crippen molar-refractivity contribution in [3.63, 3.8) is 0 Å². The third-order valence-electron chi connectivity index (χ3n) is 4.56. The van der Waals surface area contributed by atoms with Gasteiger partial charge in [0.25, 0.3) is 0 Å². The number of fused-ring (bicyclic) bond motifs is 6. The van der Waals surface area contributed by atoms with Crippen LogP contribution in [-0.2, 0) is 13.7 Å². The molecule has 112 valence electrons. The summed E-state index contributed by atoms with van der Waals surface area (Å²) in [6, 6.07) is 12.7. The molecule has 0 N–H and O–H groups in total. The van der Waals surface area contributed by atoms with E-state index in [1.807, 2.05) is 24.0 Å². The second-order valence-corrected chi connectivity index (χ2v) is 6.12. The molecule has 4 nitrogen and oxygen atoms in total. The Morgan fingerprint density at radius 1 is 1.13 bits per heavy atom. The minimum absolute atomic E-state index is 0.569. The highest BCUT2D eigenvalue weighted by atomic mass is 16.5. The lowest BCUT2D eigenvalue weighted by Crippen LogP contribution is -2.07. The Kier molecular flexibility index (Phi) is 2.37. The lowest BCUT2D eigenvalue weighted by Gasteiger charge is -2.21. The summed E-state index contributed by atoms with van der Waals surface area (Å²) in [4.78, 5) is 5.01. The van der Waals surface area contributed by atoms with E-state index in [1.165, 1.54) is 5.56 Å². The van der Waals surface area contributed by atoms with Crippen LogP contribution >= 0.6 is 0 Å².